The van der Waals surface area contributed by atoms with E-state index < -0.39 is 0 Å². The van der Waals surface area contributed by atoms with Crippen molar-refractivity contribution in [2.24, 2.45) is 5.10 Å². The molecule has 1 saturated heterocycles. The molecule has 2 aromatic heterocycles. The molecule has 7 nitrogen and oxygen atoms in total. The smallest absolute Gasteiger partial charge is 0.250 e. The number of nitrogens with one attached hydrogen (secondary N) is 2. The second kappa shape index (κ2) is 8.13. The SMILES string of the molecule is C/C(=N/Nc1nc(Nc2ccccc2)nc(N2CCCC2)n1)c1cccs1. The predicted octanol–water partition coefficient (Wildman–Crippen LogP) is 4.11. The molecule has 0 spiro atoms. The van der Waals surface area contributed by atoms with Gasteiger partial charge in [0.15, 0.2) is 0 Å². The minimum absolute atomic E-state index is 0.432. The topological polar surface area (TPSA) is 78.3 Å². The van der Waals surface area contributed by atoms with Crippen LogP contribution in [0, 0.1) is 0 Å². The summed E-state index contributed by atoms with van der Waals surface area (Å²) in [5, 5.41) is 9.71. The number of hydrogen-bond donors (Lipinski definition) is 2. The highest BCUT2D eigenvalue weighted by atomic mass is 32.1. The van der Waals surface area contributed by atoms with Gasteiger partial charge in [-0.2, -0.15) is 20.1 Å². The first-order valence-electron chi connectivity index (χ1n) is 8.95. The highest BCUT2D eigenvalue weighted by Crippen LogP contribution is 2.21. The lowest BCUT2D eigenvalue weighted by atomic mass is 10.3. The number of thiophene rings is 1. The Morgan fingerprint density at radius 3 is 2.52 bits per heavy atom. The number of para-hydroxylation sites is 1. The van der Waals surface area contributed by atoms with Crippen LogP contribution in [-0.2, 0) is 0 Å². The fourth-order valence-corrected chi connectivity index (χ4v) is 3.53. The highest BCUT2D eigenvalue weighted by molar-refractivity contribution is 7.12. The van der Waals surface area contributed by atoms with Gasteiger partial charge in [-0.3, -0.25) is 0 Å². The Hall–Kier alpha value is -3.00. The van der Waals surface area contributed by atoms with E-state index in [4.69, 9.17) is 0 Å². The molecular formula is C19H21N7S. The van der Waals surface area contributed by atoms with Gasteiger partial charge in [0.1, 0.15) is 0 Å². The second-order valence-corrected chi connectivity index (χ2v) is 7.20. The van der Waals surface area contributed by atoms with Crippen LogP contribution in [0.4, 0.5) is 23.5 Å². The average Bonchev–Trinajstić information content (AvgIpc) is 3.40. The maximum absolute atomic E-state index is 4.59. The molecule has 0 bridgehead atoms. The summed E-state index contributed by atoms with van der Waals surface area (Å²) < 4.78 is 0. The lowest BCUT2D eigenvalue weighted by molar-refractivity contribution is 0.882. The molecule has 1 aliphatic rings. The van der Waals surface area contributed by atoms with Crippen molar-refractivity contribution in [3.8, 4) is 0 Å². The van der Waals surface area contributed by atoms with Crippen LogP contribution in [0.25, 0.3) is 0 Å². The highest BCUT2D eigenvalue weighted by Gasteiger charge is 2.17. The summed E-state index contributed by atoms with van der Waals surface area (Å²) >= 11 is 1.65. The van der Waals surface area contributed by atoms with E-state index in [1.54, 1.807) is 11.3 Å². The van der Waals surface area contributed by atoms with Crippen LogP contribution < -0.4 is 15.6 Å². The Kier molecular flexibility index (Phi) is 5.24. The predicted molar refractivity (Wildman–Crippen MR) is 111 cm³/mol. The first-order valence-corrected chi connectivity index (χ1v) is 9.83. The molecule has 1 aliphatic heterocycles. The van der Waals surface area contributed by atoms with Crippen molar-refractivity contribution in [1.29, 1.82) is 0 Å². The molecule has 3 aromatic rings. The lowest BCUT2D eigenvalue weighted by Gasteiger charge is -2.16. The monoisotopic (exact) mass is 379 g/mol. The number of aromatic nitrogens is 3. The van der Waals surface area contributed by atoms with Gasteiger partial charge in [-0.05, 0) is 43.3 Å². The van der Waals surface area contributed by atoms with E-state index in [1.165, 1.54) is 0 Å². The molecule has 0 unspecified atom stereocenters. The van der Waals surface area contributed by atoms with E-state index in [0.29, 0.717) is 17.8 Å². The Morgan fingerprint density at radius 1 is 1.00 bits per heavy atom. The third kappa shape index (κ3) is 4.40. The molecule has 138 valence electrons. The third-order valence-electron chi connectivity index (χ3n) is 4.24. The van der Waals surface area contributed by atoms with Crippen molar-refractivity contribution in [1.82, 2.24) is 15.0 Å². The van der Waals surface area contributed by atoms with Gasteiger partial charge in [0.2, 0.25) is 17.8 Å². The average molecular weight is 379 g/mol. The molecule has 3 heterocycles. The van der Waals surface area contributed by atoms with Crippen molar-refractivity contribution >= 4 is 40.6 Å². The molecular weight excluding hydrogens is 358 g/mol. The Balaban J connectivity index is 1.60. The summed E-state index contributed by atoms with van der Waals surface area (Å²) in [5.74, 6) is 1.61. The molecule has 4 rings (SSSR count). The van der Waals surface area contributed by atoms with Crippen LogP contribution in [0.1, 0.15) is 24.6 Å². The lowest BCUT2D eigenvalue weighted by Crippen LogP contribution is -2.22. The first kappa shape index (κ1) is 17.4. The van der Waals surface area contributed by atoms with Crippen LogP contribution in [0.5, 0.6) is 0 Å². The molecule has 0 saturated carbocycles. The zero-order valence-electron chi connectivity index (χ0n) is 15.1. The summed E-state index contributed by atoms with van der Waals surface area (Å²) in [6.45, 7) is 3.89. The maximum atomic E-state index is 4.59. The van der Waals surface area contributed by atoms with Crippen LogP contribution in [0.3, 0.4) is 0 Å². The van der Waals surface area contributed by atoms with Crippen molar-refractivity contribution in [2.45, 2.75) is 19.8 Å². The van der Waals surface area contributed by atoms with Gasteiger partial charge in [-0.15, -0.1) is 11.3 Å². The van der Waals surface area contributed by atoms with Crippen molar-refractivity contribution in [3.63, 3.8) is 0 Å². The molecule has 2 N–H and O–H groups in total. The molecule has 0 aliphatic carbocycles. The van der Waals surface area contributed by atoms with Crippen molar-refractivity contribution < 1.29 is 0 Å². The number of benzene rings is 1. The third-order valence-corrected chi connectivity index (χ3v) is 5.22. The fraction of sp³-hybridized carbons (Fsp3) is 0.263. The van der Waals surface area contributed by atoms with E-state index in [1.807, 2.05) is 54.8 Å². The molecule has 27 heavy (non-hydrogen) atoms. The minimum atomic E-state index is 0.432. The van der Waals surface area contributed by atoms with Gasteiger partial charge < -0.3 is 10.2 Å². The molecule has 0 amide bonds. The number of anilines is 4. The largest absolute Gasteiger partial charge is 0.341 e. The van der Waals surface area contributed by atoms with Crippen LogP contribution >= 0.6 is 11.3 Å². The maximum Gasteiger partial charge on any atom is 0.250 e. The molecule has 8 heteroatoms. The van der Waals surface area contributed by atoms with Crippen LogP contribution in [0.15, 0.2) is 52.9 Å². The minimum Gasteiger partial charge on any atom is -0.341 e. The van der Waals surface area contributed by atoms with Crippen molar-refractivity contribution in [2.75, 3.05) is 28.7 Å². The van der Waals surface area contributed by atoms with E-state index in [-0.39, 0.29) is 0 Å². The summed E-state index contributed by atoms with van der Waals surface area (Å²) in [6.07, 6.45) is 2.32. The zero-order chi connectivity index (χ0) is 18.5. The van der Waals surface area contributed by atoms with Crippen molar-refractivity contribution in [3.05, 3.63) is 52.7 Å². The van der Waals surface area contributed by atoms with Gasteiger partial charge in [-0.25, -0.2) is 5.43 Å². The fourth-order valence-electron chi connectivity index (χ4n) is 2.85. The zero-order valence-corrected chi connectivity index (χ0v) is 15.9. The quantitative estimate of drug-likeness (QED) is 0.496. The Labute approximate surface area is 162 Å². The molecule has 0 atom stereocenters. The Bertz CT molecular complexity index is 903. The van der Waals surface area contributed by atoms with Crippen LogP contribution in [-0.4, -0.2) is 33.8 Å². The van der Waals surface area contributed by atoms with E-state index in [0.717, 1.165) is 42.2 Å². The van der Waals surface area contributed by atoms with Crippen LogP contribution in [0.2, 0.25) is 0 Å². The summed E-state index contributed by atoms with van der Waals surface area (Å²) in [7, 11) is 0. The van der Waals surface area contributed by atoms with Gasteiger partial charge in [-0.1, -0.05) is 24.3 Å². The van der Waals surface area contributed by atoms with Gasteiger partial charge in [0.05, 0.1) is 5.71 Å². The summed E-state index contributed by atoms with van der Waals surface area (Å²) in [6, 6.07) is 13.9. The van der Waals surface area contributed by atoms with E-state index >= 15 is 0 Å². The summed E-state index contributed by atoms with van der Waals surface area (Å²) in [4.78, 5) is 16.9. The number of hydrazone groups is 1. The standard InChI is InChI=1S/C19H21N7S/c1-14(16-10-7-13-27-16)24-25-18-21-17(20-15-8-3-2-4-9-15)22-19(23-18)26-11-5-6-12-26/h2-4,7-10,13H,5-6,11-12H2,1H3,(H2,20,21,22,23,25)/b24-14-. The van der Waals surface area contributed by atoms with Gasteiger partial charge in [0.25, 0.3) is 0 Å². The number of hydrogen-bond acceptors (Lipinski definition) is 8. The molecule has 0 radical (unpaired) electrons. The normalized spacial score (nSPS) is 14.4. The van der Waals surface area contributed by atoms with Gasteiger partial charge >= 0.3 is 0 Å². The molecule has 1 fully saturated rings. The van der Waals surface area contributed by atoms with E-state index in [2.05, 4.69) is 35.7 Å². The Morgan fingerprint density at radius 2 is 1.78 bits per heavy atom. The van der Waals surface area contributed by atoms with Gasteiger partial charge in [0, 0.05) is 23.7 Å². The first-order chi connectivity index (χ1) is 13.3. The number of rotatable bonds is 6. The molecule has 1 aromatic carbocycles. The number of nitrogens with zero attached hydrogens (tertiary/aromatic N) is 5. The summed E-state index contributed by atoms with van der Waals surface area (Å²) in [5.41, 5.74) is 4.81. The van der Waals surface area contributed by atoms with E-state index in [9.17, 15) is 0 Å². The second-order valence-electron chi connectivity index (χ2n) is 6.25.